The Morgan fingerprint density at radius 1 is 1.14 bits per heavy atom. The number of anilines is 1. The van der Waals surface area contributed by atoms with Crippen LogP contribution in [0.15, 0.2) is 53.4 Å². The Hall–Kier alpha value is -2.75. The van der Waals surface area contributed by atoms with Crippen molar-refractivity contribution in [3.8, 4) is 0 Å². The van der Waals surface area contributed by atoms with E-state index < -0.39 is 10.0 Å². The summed E-state index contributed by atoms with van der Waals surface area (Å²) in [5.74, 6) is -0.205. The number of likely N-dealkylation sites (tertiary alicyclic amines) is 1. The SMILES string of the molecule is CONS(=O)(=O)c1ccc(C(=O)Nc2cccc(CN3CCCCC3=O)c2)cc1. The molecule has 0 unspecified atom stereocenters. The second-order valence-electron chi connectivity index (χ2n) is 6.74. The van der Waals surface area contributed by atoms with E-state index in [4.69, 9.17) is 0 Å². The van der Waals surface area contributed by atoms with E-state index in [1.165, 1.54) is 31.4 Å². The molecule has 1 aliphatic rings. The molecule has 0 spiro atoms. The van der Waals surface area contributed by atoms with Crippen molar-refractivity contribution in [3.05, 3.63) is 59.7 Å². The van der Waals surface area contributed by atoms with Crippen molar-refractivity contribution in [2.75, 3.05) is 19.0 Å². The highest BCUT2D eigenvalue weighted by molar-refractivity contribution is 7.89. The van der Waals surface area contributed by atoms with Crippen molar-refractivity contribution in [3.63, 3.8) is 0 Å². The number of hydrogen-bond donors (Lipinski definition) is 2. The van der Waals surface area contributed by atoms with Gasteiger partial charge in [-0.15, -0.1) is 0 Å². The predicted octanol–water partition coefficient (Wildman–Crippen LogP) is 2.29. The quantitative estimate of drug-likeness (QED) is 0.673. The Bertz CT molecular complexity index is 989. The van der Waals surface area contributed by atoms with E-state index in [2.05, 4.69) is 10.2 Å². The fourth-order valence-corrected chi connectivity index (χ4v) is 3.95. The molecular formula is C20H23N3O5S. The van der Waals surface area contributed by atoms with Gasteiger partial charge in [0.1, 0.15) is 0 Å². The summed E-state index contributed by atoms with van der Waals surface area (Å²) in [4.78, 5) is 32.7. The van der Waals surface area contributed by atoms with E-state index >= 15 is 0 Å². The number of carbonyl (C=O) groups excluding carboxylic acids is 2. The lowest BCUT2D eigenvalue weighted by Gasteiger charge is -2.26. The predicted molar refractivity (Wildman–Crippen MR) is 107 cm³/mol. The van der Waals surface area contributed by atoms with Gasteiger partial charge in [0.25, 0.3) is 15.9 Å². The Balaban J connectivity index is 1.67. The molecule has 2 aromatic rings. The number of benzene rings is 2. The monoisotopic (exact) mass is 417 g/mol. The van der Waals surface area contributed by atoms with Gasteiger partial charge in [-0.2, -0.15) is 0 Å². The summed E-state index contributed by atoms with van der Waals surface area (Å²) in [6.45, 7) is 1.27. The molecule has 9 heteroatoms. The van der Waals surface area contributed by atoms with E-state index in [1.807, 2.05) is 28.0 Å². The fraction of sp³-hybridized carbons (Fsp3) is 0.300. The van der Waals surface area contributed by atoms with Crippen molar-refractivity contribution in [2.24, 2.45) is 0 Å². The zero-order chi connectivity index (χ0) is 20.9. The average molecular weight is 417 g/mol. The summed E-state index contributed by atoms with van der Waals surface area (Å²) in [5.41, 5.74) is 1.86. The fourth-order valence-electron chi connectivity index (χ4n) is 3.14. The van der Waals surface area contributed by atoms with E-state index in [0.717, 1.165) is 24.9 Å². The summed E-state index contributed by atoms with van der Waals surface area (Å²) < 4.78 is 23.7. The second kappa shape index (κ2) is 9.17. The van der Waals surface area contributed by atoms with E-state index in [1.54, 1.807) is 6.07 Å². The first kappa shape index (κ1) is 21.0. The van der Waals surface area contributed by atoms with Crippen LogP contribution in [0.5, 0.6) is 0 Å². The average Bonchev–Trinajstić information content (AvgIpc) is 2.70. The molecule has 0 aliphatic carbocycles. The third-order valence-electron chi connectivity index (χ3n) is 4.60. The molecule has 2 aromatic carbocycles. The summed E-state index contributed by atoms with van der Waals surface area (Å²) in [7, 11) is -2.57. The molecule has 2 amide bonds. The number of hydrogen-bond acceptors (Lipinski definition) is 5. The number of nitrogens with zero attached hydrogens (tertiary/aromatic N) is 1. The second-order valence-corrected chi connectivity index (χ2v) is 8.39. The zero-order valence-electron chi connectivity index (χ0n) is 16.1. The lowest BCUT2D eigenvalue weighted by Crippen LogP contribution is -2.34. The van der Waals surface area contributed by atoms with Crippen molar-refractivity contribution in [1.29, 1.82) is 0 Å². The van der Waals surface area contributed by atoms with Gasteiger partial charge in [-0.3, -0.25) is 14.4 Å². The maximum absolute atomic E-state index is 12.5. The lowest BCUT2D eigenvalue weighted by atomic mass is 10.1. The van der Waals surface area contributed by atoms with Crippen LogP contribution in [0.2, 0.25) is 0 Å². The summed E-state index contributed by atoms with van der Waals surface area (Å²) >= 11 is 0. The Morgan fingerprint density at radius 3 is 2.59 bits per heavy atom. The molecule has 1 saturated heterocycles. The van der Waals surface area contributed by atoms with Gasteiger partial charge in [0.05, 0.1) is 12.0 Å². The van der Waals surface area contributed by atoms with Crippen LogP contribution in [0.3, 0.4) is 0 Å². The first-order valence-electron chi connectivity index (χ1n) is 9.22. The van der Waals surface area contributed by atoms with Crippen molar-refractivity contribution in [1.82, 2.24) is 9.79 Å². The normalized spacial score (nSPS) is 14.7. The Morgan fingerprint density at radius 2 is 1.90 bits per heavy atom. The minimum Gasteiger partial charge on any atom is -0.338 e. The maximum Gasteiger partial charge on any atom is 0.262 e. The molecule has 29 heavy (non-hydrogen) atoms. The standard InChI is InChI=1S/C20H23N3O5S/c1-28-22-29(26,27)18-10-8-16(9-11-18)20(25)21-17-6-4-5-15(13-17)14-23-12-3-2-7-19(23)24/h4-6,8-11,13,22H,2-3,7,12,14H2,1H3,(H,21,25). The van der Waals surface area contributed by atoms with Crippen LogP contribution in [-0.2, 0) is 26.2 Å². The third kappa shape index (κ3) is 5.41. The molecule has 0 atom stereocenters. The highest BCUT2D eigenvalue weighted by Crippen LogP contribution is 2.18. The minimum absolute atomic E-state index is 0.0101. The molecule has 0 aromatic heterocycles. The number of nitrogens with one attached hydrogen (secondary N) is 2. The molecular weight excluding hydrogens is 394 g/mol. The lowest BCUT2D eigenvalue weighted by molar-refractivity contribution is -0.133. The van der Waals surface area contributed by atoms with Crippen molar-refractivity contribution < 1.29 is 22.8 Å². The Labute approximate surface area is 169 Å². The van der Waals surface area contributed by atoms with Crippen molar-refractivity contribution >= 4 is 27.5 Å². The third-order valence-corrected chi connectivity index (χ3v) is 5.88. The topological polar surface area (TPSA) is 105 Å². The molecule has 3 rings (SSSR count). The molecule has 1 fully saturated rings. The smallest absolute Gasteiger partial charge is 0.262 e. The molecule has 0 radical (unpaired) electrons. The number of rotatable bonds is 7. The molecule has 8 nitrogen and oxygen atoms in total. The Kier molecular flexibility index (Phi) is 6.63. The number of amides is 2. The molecule has 0 bridgehead atoms. The van der Waals surface area contributed by atoms with Gasteiger partial charge < -0.3 is 10.2 Å². The maximum atomic E-state index is 12.5. The van der Waals surface area contributed by atoms with Crippen LogP contribution in [-0.4, -0.2) is 38.8 Å². The number of piperidine rings is 1. The summed E-state index contributed by atoms with van der Waals surface area (Å²) in [5, 5.41) is 2.80. The van der Waals surface area contributed by atoms with Gasteiger partial charge in [-0.25, -0.2) is 8.42 Å². The van der Waals surface area contributed by atoms with Crippen LogP contribution in [0.1, 0.15) is 35.2 Å². The summed E-state index contributed by atoms with van der Waals surface area (Å²) in [6, 6.07) is 12.8. The molecule has 2 N–H and O–H groups in total. The zero-order valence-corrected chi connectivity index (χ0v) is 16.9. The number of sulfonamides is 1. The van der Waals surface area contributed by atoms with Crippen LogP contribution >= 0.6 is 0 Å². The first-order valence-corrected chi connectivity index (χ1v) is 10.7. The first-order chi connectivity index (χ1) is 13.9. The van der Waals surface area contributed by atoms with E-state index in [0.29, 0.717) is 24.2 Å². The van der Waals surface area contributed by atoms with Gasteiger partial charge in [0.15, 0.2) is 0 Å². The van der Waals surface area contributed by atoms with Gasteiger partial charge in [0.2, 0.25) is 5.91 Å². The minimum atomic E-state index is -3.77. The van der Waals surface area contributed by atoms with Gasteiger partial charge in [-0.1, -0.05) is 17.0 Å². The number of carbonyl (C=O) groups is 2. The summed E-state index contributed by atoms with van der Waals surface area (Å²) in [6.07, 6.45) is 2.53. The van der Waals surface area contributed by atoms with Gasteiger partial charge in [0, 0.05) is 30.8 Å². The van der Waals surface area contributed by atoms with Crippen molar-refractivity contribution in [2.45, 2.75) is 30.7 Å². The molecule has 154 valence electrons. The van der Waals surface area contributed by atoms with E-state index in [-0.39, 0.29) is 16.7 Å². The van der Waals surface area contributed by atoms with E-state index in [9.17, 15) is 18.0 Å². The van der Waals surface area contributed by atoms with Gasteiger partial charge in [-0.05, 0) is 54.8 Å². The largest absolute Gasteiger partial charge is 0.338 e. The van der Waals surface area contributed by atoms with Crippen LogP contribution < -0.4 is 10.2 Å². The molecule has 1 aliphatic heterocycles. The van der Waals surface area contributed by atoms with Crippen LogP contribution in [0, 0.1) is 0 Å². The highest BCUT2D eigenvalue weighted by atomic mass is 32.2. The molecule has 0 saturated carbocycles. The van der Waals surface area contributed by atoms with Crippen LogP contribution in [0.4, 0.5) is 5.69 Å². The highest BCUT2D eigenvalue weighted by Gasteiger charge is 2.18. The van der Waals surface area contributed by atoms with Gasteiger partial charge >= 0.3 is 0 Å². The van der Waals surface area contributed by atoms with Crippen LogP contribution in [0.25, 0.3) is 0 Å². The molecule has 1 heterocycles.